The third-order valence-electron chi connectivity index (χ3n) is 2.70. The molecule has 1 fully saturated rings. The number of hydrogen-bond acceptors (Lipinski definition) is 4. The second kappa shape index (κ2) is 5.09. The minimum absolute atomic E-state index is 0.291. The molecule has 2 rings (SSSR count). The molecular formula is C11H16N4O2. The minimum atomic E-state index is -0.291. The van der Waals surface area contributed by atoms with Gasteiger partial charge in [0.1, 0.15) is 5.84 Å². The van der Waals surface area contributed by atoms with Crippen molar-refractivity contribution in [2.75, 3.05) is 26.3 Å². The molecule has 6 heteroatoms. The normalized spacial score (nSPS) is 17.3. The Morgan fingerprint density at radius 2 is 2.18 bits per heavy atom. The number of aryl methyl sites for hydroxylation is 1. The van der Waals surface area contributed by atoms with Crippen LogP contribution in [0.25, 0.3) is 0 Å². The first-order valence-electron chi connectivity index (χ1n) is 5.58. The molecular weight excluding hydrogens is 220 g/mol. The van der Waals surface area contributed by atoms with Crippen molar-refractivity contribution in [2.24, 2.45) is 12.0 Å². The van der Waals surface area contributed by atoms with Crippen molar-refractivity contribution >= 4 is 11.7 Å². The molecule has 0 saturated carbocycles. The van der Waals surface area contributed by atoms with E-state index in [0.717, 1.165) is 32.1 Å². The molecule has 1 aliphatic rings. The van der Waals surface area contributed by atoms with E-state index < -0.39 is 0 Å². The highest BCUT2D eigenvalue weighted by Gasteiger charge is 2.11. The van der Waals surface area contributed by atoms with E-state index in [9.17, 15) is 4.79 Å². The van der Waals surface area contributed by atoms with Gasteiger partial charge in [0.2, 0.25) is 0 Å². The van der Waals surface area contributed by atoms with Crippen LogP contribution in [0.5, 0.6) is 0 Å². The van der Waals surface area contributed by atoms with Crippen LogP contribution in [0.2, 0.25) is 0 Å². The first-order valence-corrected chi connectivity index (χ1v) is 5.58. The first-order chi connectivity index (χ1) is 8.16. The maximum atomic E-state index is 11.3. The Labute approximate surface area is 99.6 Å². The molecule has 92 valence electrons. The lowest BCUT2D eigenvalue weighted by molar-refractivity contribution is 0.0678. The number of aromatic nitrogens is 2. The Bertz CT molecular complexity index is 475. The van der Waals surface area contributed by atoms with Gasteiger partial charge in [-0.15, -0.1) is 0 Å². The lowest BCUT2D eigenvalue weighted by Crippen LogP contribution is -2.39. The fourth-order valence-corrected chi connectivity index (χ4v) is 1.64. The molecule has 2 heterocycles. The summed E-state index contributed by atoms with van der Waals surface area (Å²) in [4.78, 5) is 21.7. The lowest BCUT2D eigenvalue weighted by atomic mass is 10.4. The van der Waals surface area contributed by atoms with Crippen molar-refractivity contribution in [2.45, 2.75) is 6.92 Å². The number of rotatable bonds is 1. The fraction of sp³-hybridized carbons (Fsp3) is 0.545. The smallest absolute Gasteiger partial charge is 0.349 e. The van der Waals surface area contributed by atoms with Crippen LogP contribution in [-0.2, 0) is 11.8 Å². The van der Waals surface area contributed by atoms with Crippen LogP contribution in [0.15, 0.2) is 22.1 Å². The highest BCUT2D eigenvalue weighted by molar-refractivity contribution is 5.82. The number of nitrogens with zero attached hydrogens (tertiary/aromatic N) is 4. The second-order valence-electron chi connectivity index (χ2n) is 3.94. The van der Waals surface area contributed by atoms with Gasteiger partial charge in [-0.25, -0.2) is 9.79 Å². The molecule has 0 spiro atoms. The van der Waals surface area contributed by atoms with Gasteiger partial charge < -0.3 is 14.2 Å². The van der Waals surface area contributed by atoms with Gasteiger partial charge in [0.25, 0.3) is 0 Å². The molecule has 0 N–H and O–H groups in total. The summed E-state index contributed by atoms with van der Waals surface area (Å²) in [6.07, 6.45) is 1.67. The van der Waals surface area contributed by atoms with E-state index in [2.05, 4.69) is 14.9 Å². The summed E-state index contributed by atoms with van der Waals surface area (Å²) in [5.74, 6) is 1.33. The van der Waals surface area contributed by atoms with Crippen LogP contribution in [0.1, 0.15) is 6.92 Å². The van der Waals surface area contributed by atoms with E-state index in [1.807, 2.05) is 6.92 Å². The number of ether oxygens (including phenoxy) is 1. The Kier molecular flexibility index (Phi) is 3.53. The van der Waals surface area contributed by atoms with E-state index in [0.29, 0.717) is 5.82 Å². The topological polar surface area (TPSA) is 59.7 Å². The fourth-order valence-electron chi connectivity index (χ4n) is 1.64. The van der Waals surface area contributed by atoms with Crippen LogP contribution in [0.3, 0.4) is 0 Å². The van der Waals surface area contributed by atoms with Crippen molar-refractivity contribution in [1.82, 2.24) is 14.5 Å². The van der Waals surface area contributed by atoms with Crippen LogP contribution in [-0.4, -0.2) is 46.6 Å². The maximum absolute atomic E-state index is 11.3. The minimum Gasteiger partial charge on any atom is -0.378 e. The van der Waals surface area contributed by atoms with Crippen LogP contribution < -0.4 is 5.69 Å². The van der Waals surface area contributed by atoms with Gasteiger partial charge in [-0.3, -0.25) is 0 Å². The van der Waals surface area contributed by atoms with Crippen molar-refractivity contribution in [3.63, 3.8) is 0 Å². The number of hydrogen-bond donors (Lipinski definition) is 0. The highest BCUT2D eigenvalue weighted by Crippen LogP contribution is 2.06. The molecule has 17 heavy (non-hydrogen) atoms. The van der Waals surface area contributed by atoms with Gasteiger partial charge in [0, 0.05) is 26.3 Å². The zero-order valence-corrected chi connectivity index (χ0v) is 10.1. The number of aliphatic imine (C=N–C) groups is 1. The standard InChI is InChI=1S/C11H16N4O2/c1-9(15-5-7-17-8-6-15)12-10-3-4-14(2)11(16)13-10/h3-4H,5-8H2,1-2H3. The number of morpholine rings is 1. The van der Waals surface area contributed by atoms with Crippen LogP contribution >= 0.6 is 0 Å². The van der Waals surface area contributed by atoms with E-state index >= 15 is 0 Å². The van der Waals surface area contributed by atoms with Gasteiger partial charge in [0.15, 0.2) is 5.82 Å². The lowest BCUT2D eigenvalue weighted by Gasteiger charge is -2.28. The molecule has 0 unspecified atom stereocenters. The Morgan fingerprint density at radius 3 is 2.82 bits per heavy atom. The quantitative estimate of drug-likeness (QED) is 0.515. The molecule has 0 bridgehead atoms. The first kappa shape index (κ1) is 11.8. The number of amidine groups is 1. The monoisotopic (exact) mass is 236 g/mol. The molecule has 0 radical (unpaired) electrons. The molecule has 0 amide bonds. The van der Waals surface area contributed by atoms with Crippen LogP contribution in [0.4, 0.5) is 5.82 Å². The Balaban J connectivity index is 2.16. The summed E-state index contributed by atoms with van der Waals surface area (Å²) < 4.78 is 6.69. The van der Waals surface area contributed by atoms with Gasteiger partial charge in [-0.1, -0.05) is 0 Å². The van der Waals surface area contributed by atoms with Gasteiger partial charge in [-0.2, -0.15) is 4.98 Å². The van der Waals surface area contributed by atoms with Crippen molar-refractivity contribution in [3.05, 3.63) is 22.7 Å². The second-order valence-corrected chi connectivity index (χ2v) is 3.94. The zero-order valence-electron chi connectivity index (χ0n) is 10.1. The molecule has 0 atom stereocenters. The zero-order chi connectivity index (χ0) is 12.3. The summed E-state index contributed by atoms with van der Waals surface area (Å²) in [7, 11) is 1.66. The summed E-state index contributed by atoms with van der Waals surface area (Å²) >= 11 is 0. The summed E-state index contributed by atoms with van der Waals surface area (Å²) in [5.41, 5.74) is -0.291. The summed E-state index contributed by atoms with van der Waals surface area (Å²) in [6.45, 7) is 5.03. The molecule has 0 aliphatic carbocycles. The van der Waals surface area contributed by atoms with E-state index in [1.54, 1.807) is 19.3 Å². The van der Waals surface area contributed by atoms with E-state index in [1.165, 1.54) is 4.57 Å². The SMILES string of the molecule is CC(=Nc1ccn(C)c(=O)n1)N1CCOCC1. The Hall–Kier alpha value is -1.69. The summed E-state index contributed by atoms with van der Waals surface area (Å²) in [5, 5.41) is 0. The summed E-state index contributed by atoms with van der Waals surface area (Å²) in [6, 6.07) is 1.73. The molecule has 1 aliphatic heterocycles. The van der Waals surface area contributed by atoms with Gasteiger partial charge in [-0.05, 0) is 13.0 Å². The molecule has 6 nitrogen and oxygen atoms in total. The average Bonchev–Trinajstić information content (AvgIpc) is 2.35. The highest BCUT2D eigenvalue weighted by atomic mass is 16.5. The van der Waals surface area contributed by atoms with Gasteiger partial charge >= 0.3 is 5.69 Å². The molecule has 1 aromatic heterocycles. The van der Waals surface area contributed by atoms with Crippen molar-refractivity contribution in [1.29, 1.82) is 0 Å². The Morgan fingerprint density at radius 1 is 1.47 bits per heavy atom. The third-order valence-corrected chi connectivity index (χ3v) is 2.70. The molecule has 0 aromatic carbocycles. The molecule has 1 saturated heterocycles. The van der Waals surface area contributed by atoms with Crippen molar-refractivity contribution < 1.29 is 4.74 Å². The molecule has 1 aromatic rings. The predicted molar refractivity (Wildman–Crippen MR) is 64.6 cm³/mol. The predicted octanol–water partition coefficient (Wildman–Crippen LogP) is 0.162. The van der Waals surface area contributed by atoms with Crippen LogP contribution in [0, 0.1) is 0 Å². The largest absolute Gasteiger partial charge is 0.378 e. The average molecular weight is 236 g/mol. The van der Waals surface area contributed by atoms with Crippen molar-refractivity contribution in [3.8, 4) is 0 Å². The maximum Gasteiger partial charge on any atom is 0.349 e. The third kappa shape index (κ3) is 2.91. The van der Waals surface area contributed by atoms with E-state index in [4.69, 9.17) is 4.74 Å². The van der Waals surface area contributed by atoms with E-state index in [-0.39, 0.29) is 5.69 Å². The van der Waals surface area contributed by atoms with Gasteiger partial charge in [0.05, 0.1) is 13.2 Å².